The van der Waals surface area contributed by atoms with Gasteiger partial charge in [0.1, 0.15) is 17.2 Å². The summed E-state index contributed by atoms with van der Waals surface area (Å²) in [5, 5.41) is 6.77. The van der Waals surface area contributed by atoms with Gasteiger partial charge in [-0.25, -0.2) is 9.97 Å². The van der Waals surface area contributed by atoms with Crippen LogP contribution >= 0.6 is 0 Å². The summed E-state index contributed by atoms with van der Waals surface area (Å²) in [5.74, 6) is 1.04. The van der Waals surface area contributed by atoms with E-state index in [0.29, 0.717) is 49.2 Å². The van der Waals surface area contributed by atoms with Crippen LogP contribution in [-0.2, 0) is 9.53 Å². The van der Waals surface area contributed by atoms with Crippen molar-refractivity contribution in [1.82, 2.24) is 25.2 Å². The van der Waals surface area contributed by atoms with Gasteiger partial charge in [0.25, 0.3) is 5.91 Å². The van der Waals surface area contributed by atoms with E-state index in [2.05, 4.69) is 20.6 Å². The lowest BCUT2D eigenvalue weighted by Crippen LogP contribution is -2.40. The van der Waals surface area contributed by atoms with Gasteiger partial charge < -0.3 is 25.3 Å². The largest absolute Gasteiger partial charge is 0.381 e. The van der Waals surface area contributed by atoms with E-state index in [0.717, 1.165) is 23.8 Å². The van der Waals surface area contributed by atoms with Crippen molar-refractivity contribution in [3.05, 3.63) is 42.1 Å². The molecule has 2 aromatic heterocycles. The fourth-order valence-electron chi connectivity index (χ4n) is 3.86. The first-order valence-corrected chi connectivity index (χ1v) is 10.8. The number of carbonyl (C=O) groups is 2. The Morgan fingerprint density at radius 1 is 1.16 bits per heavy atom. The molecule has 1 saturated heterocycles. The summed E-state index contributed by atoms with van der Waals surface area (Å²) in [7, 11) is 1.71. The van der Waals surface area contributed by atoms with Gasteiger partial charge in [-0.15, -0.1) is 0 Å². The monoisotopic (exact) mass is 436 g/mol. The van der Waals surface area contributed by atoms with Crippen molar-refractivity contribution in [3.63, 3.8) is 0 Å². The molecule has 2 amide bonds. The number of aromatic amines is 1. The zero-order valence-electron chi connectivity index (χ0n) is 18.4. The number of carbonyl (C=O) groups excluding carboxylic acids is 2. The van der Waals surface area contributed by atoms with Crippen molar-refractivity contribution >= 4 is 28.7 Å². The number of methoxy groups -OCH3 is 1. The number of likely N-dealkylation sites (tertiary alicyclic amines) is 1. The van der Waals surface area contributed by atoms with Crippen LogP contribution in [0.3, 0.4) is 0 Å². The molecule has 4 rings (SSSR count). The van der Waals surface area contributed by atoms with E-state index in [1.807, 2.05) is 35.2 Å². The molecule has 9 heteroatoms. The van der Waals surface area contributed by atoms with Crippen molar-refractivity contribution in [3.8, 4) is 11.4 Å². The molecule has 0 unspecified atom stereocenters. The third kappa shape index (κ3) is 4.88. The lowest BCUT2D eigenvalue weighted by atomic mass is 10.1. The maximum atomic E-state index is 13.1. The van der Waals surface area contributed by atoms with Crippen molar-refractivity contribution in [2.24, 2.45) is 0 Å². The highest BCUT2D eigenvalue weighted by atomic mass is 16.5. The van der Waals surface area contributed by atoms with E-state index < -0.39 is 0 Å². The van der Waals surface area contributed by atoms with E-state index in [4.69, 9.17) is 9.72 Å². The van der Waals surface area contributed by atoms with Crippen LogP contribution in [0.5, 0.6) is 0 Å². The number of ether oxygens (including phenoxy) is 1. The Labute approximate surface area is 186 Å². The smallest absolute Gasteiger partial charge is 0.270 e. The van der Waals surface area contributed by atoms with Crippen LogP contribution in [-0.4, -0.2) is 71.1 Å². The highest BCUT2D eigenvalue weighted by molar-refractivity contribution is 6.00. The molecule has 1 fully saturated rings. The lowest BCUT2D eigenvalue weighted by molar-refractivity contribution is -0.118. The number of nitrogens with zero attached hydrogens (tertiary/aromatic N) is 3. The first-order valence-electron chi connectivity index (χ1n) is 10.8. The molecule has 0 radical (unpaired) electrons. The molecule has 0 bridgehead atoms. The molecule has 3 N–H and O–H groups in total. The molecule has 3 heterocycles. The summed E-state index contributed by atoms with van der Waals surface area (Å²) >= 11 is 0. The van der Waals surface area contributed by atoms with Crippen molar-refractivity contribution in [1.29, 1.82) is 0 Å². The van der Waals surface area contributed by atoms with Crippen molar-refractivity contribution < 1.29 is 14.3 Å². The number of benzene rings is 1. The highest BCUT2D eigenvalue weighted by Crippen LogP contribution is 2.26. The van der Waals surface area contributed by atoms with Crippen LogP contribution in [0.15, 0.2) is 36.4 Å². The molecule has 1 aliphatic heterocycles. The molecular weight excluding hydrogens is 408 g/mol. The Bertz CT molecular complexity index is 1090. The summed E-state index contributed by atoms with van der Waals surface area (Å²) < 4.78 is 5.41. The SMILES string of the molecule is COC1CCN(C(=O)c2cc3c(NCCNC(C)=O)nc(-c4ccccc4)nc3[nH]2)CC1. The fraction of sp³-hybridized carbons (Fsp3) is 0.391. The predicted octanol–water partition coefficient (Wildman–Crippen LogP) is 2.42. The second kappa shape index (κ2) is 9.78. The molecule has 32 heavy (non-hydrogen) atoms. The summed E-state index contributed by atoms with van der Waals surface area (Å²) in [6, 6.07) is 11.5. The van der Waals surface area contributed by atoms with E-state index in [1.54, 1.807) is 13.2 Å². The summed E-state index contributed by atoms with van der Waals surface area (Å²) in [4.78, 5) is 38.7. The molecule has 0 saturated carbocycles. The summed E-state index contributed by atoms with van der Waals surface area (Å²) in [6.45, 7) is 3.77. The Hall–Kier alpha value is -3.46. The Kier molecular flexibility index (Phi) is 6.65. The third-order valence-electron chi connectivity index (χ3n) is 5.60. The van der Waals surface area contributed by atoms with Crippen LogP contribution in [0.4, 0.5) is 5.82 Å². The molecular formula is C23H28N6O3. The molecule has 168 valence electrons. The van der Waals surface area contributed by atoms with Crippen LogP contribution in [0.2, 0.25) is 0 Å². The molecule has 1 aromatic carbocycles. The summed E-state index contributed by atoms with van der Waals surface area (Å²) in [5.41, 5.74) is 1.96. The molecule has 1 aliphatic rings. The van der Waals surface area contributed by atoms with Gasteiger partial charge in [0.15, 0.2) is 5.82 Å². The van der Waals surface area contributed by atoms with Gasteiger partial charge in [-0.2, -0.15) is 0 Å². The second-order valence-electron chi connectivity index (χ2n) is 7.84. The zero-order valence-corrected chi connectivity index (χ0v) is 18.4. The average Bonchev–Trinajstić information content (AvgIpc) is 3.26. The quantitative estimate of drug-likeness (QED) is 0.491. The number of H-pyrrole nitrogens is 1. The third-order valence-corrected chi connectivity index (χ3v) is 5.60. The maximum absolute atomic E-state index is 13.1. The van der Waals surface area contributed by atoms with Gasteiger partial charge in [0, 0.05) is 45.8 Å². The number of hydrogen-bond acceptors (Lipinski definition) is 6. The highest BCUT2D eigenvalue weighted by Gasteiger charge is 2.25. The Morgan fingerprint density at radius 3 is 2.59 bits per heavy atom. The van der Waals surface area contributed by atoms with E-state index in [-0.39, 0.29) is 17.9 Å². The maximum Gasteiger partial charge on any atom is 0.270 e. The predicted molar refractivity (Wildman–Crippen MR) is 122 cm³/mol. The Morgan fingerprint density at radius 2 is 1.91 bits per heavy atom. The number of fused-ring (bicyclic) bond motifs is 1. The number of nitrogens with one attached hydrogen (secondary N) is 3. The van der Waals surface area contributed by atoms with E-state index in [9.17, 15) is 9.59 Å². The molecule has 9 nitrogen and oxygen atoms in total. The topological polar surface area (TPSA) is 112 Å². The van der Waals surface area contributed by atoms with Gasteiger partial charge in [-0.05, 0) is 18.9 Å². The normalized spacial score (nSPS) is 14.5. The van der Waals surface area contributed by atoms with Gasteiger partial charge in [0.2, 0.25) is 5.91 Å². The van der Waals surface area contributed by atoms with Gasteiger partial charge >= 0.3 is 0 Å². The molecule has 0 atom stereocenters. The van der Waals surface area contributed by atoms with Gasteiger partial charge in [0.05, 0.1) is 11.5 Å². The lowest BCUT2D eigenvalue weighted by Gasteiger charge is -2.30. The number of aromatic nitrogens is 3. The number of amides is 2. The van der Waals surface area contributed by atoms with Crippen molar-refractivity contribution in [2.45, 2.75) is 25.9 Å². The van der Waals surface area contributed by atoms with Crippen molar-refractivity contribution in [2.75, 3.05) is 38.6 Å². The van der Waals surface area contributed by atoms with Crippen LogP contribution < -0.4 is 10.6 Å². The van der Waals surface area contributed by atoms with E-state index >= 15 is 0 Å². The molecule has 0 aliphatic carbocycles. The minimum Gasteiger partial charge on any atom is -0.381 e. The Balaban J connectivity index is 1.62. The van der Waals surface area contributed by atoms with E-state index in [1.165, 1.54) is 6.92 Å². The molecule has 0 spiro atoms. The van der Waals surface area contributed by atoms with Crippen LogP contribution in [0.25, 0.3) is 22.4 Å². The average molecular weight is 437 g/mol. The molecule has 3 aromatic rings. The zero-order chi connectivity index (χ0) is 22.5. The minimum absolute atomic E-state index is 0.0528. The minimum atomic E-state index is -0.0867. The van der Waals surface area contributed by atoms with Gasteiger partial charge in [-0.3, -0.25) is 9.59 Å². The number of piperidine rings is 1. The standard InChI is InChI=1S/C23H28N6O3/c1-15(30)24-10-11-25-21-18-14-19(23(31)29-12-8-17(32-2)9-13-29)26-22(18)28-20(27-21)16-6-4-3-5-7-16/h3-7,14,17H,8-13H2,1-2H3,(H,24,30)(H2,25,26,27,28). The second-order valence-corrected chi connectivity index (χ2v) is 7.84. The number of anilines is 1. The van der Waals surface area contributed by atoms with Gasteiger partial charge in [-0.1, -0.05) is 30.3 Å². The summed E-state index contributed by atoms with van der Waals surface area (Å²) in [6.07, 6.45) is 1.87. The van der Waals surface area contributed by atoms with Crippen LogP contribution in [0, 0.1) is 0 Å². The van der Waals surface area contributed by atoms with Crippen LogP contribution in [0.1, 0.15) is 30.3 Å². The fourth-order valence-corrected chi connectivity index (χ4v) is 3.86. The first-order chi connectivity index (χ1) is 15.5. The first kappa shape index (κ1) is 21.8. The number of rotatable bonds is 7. The number of hydrogen-bond donors (Lipinski definition) is 3.